The van der Waals surface area contributed by atoms with Crippen molar-refractivity contribution in [3.8, 4) is 0 Å². The van der Waals surface area contributed by atoms with E-state index in [1.807, 2.05) is 0 Å². The molecule has 1 aliphatic rings. The van der Waals surface area contributed by atoms with Crippen molar-refractivity contribution in [2.24, 2.45) is 5.92 Å². The van der Waals surface area contributed by atoms with Gasteiger partial charge in [0.1, 0.15) is 6.10 Å². The van der Waals surface area contributed by atoms with E-state index in [0.29, 0.717) is 25.6 Å². The van der Waals surface area contributed by atoms with E-state index in [-0.39, 0.29) is 21.5 Å². The first-order valence-electron chi connectivity index (χ1n) is 8.51. The smallest absolute Gasteiger partial charge is 0.253 e. The van der Waals surface area contributed by atoms with E-state index in [4.69, 9.17) is 16.3 Å². The zero-order valence-corrected chi connectivity index (χ0v) is 16.4. The number of carbonyl (C=O) groups excluding carboxylic acids is 1. The third kappa shape index (κ3) is 5.17. The Balaban J connectivity index is 2.13. The van der Waals surface area contributed by atoms with E-state index in [1.54, 1.807) is 20.8 Å². The van der Waals surface area contributed by atoms with Gasteiger partial charge in [-0.2, -0.15) is 4.31 Å². The molecule has 1 fully saturated rings. The normalized spacial score (nSPS) is 16.0. The van der Waals surface area contributed by atoms with Crippen LogP contribution in [0.2, 0.25) is 5.02 Å². The molecule has 0 heterocycles. The van der Waals surface area contributed by atoms with Gasteiger partial charge in [-0.25, -0.2) is 8.42 Å². The summed E-state index contributed by atoms with van der Waals surface area (Å²) < 4.78 is 32.1. The van der Waals surface area contributed by atoms with Crippen LogP contribution in [0.4, 0.5) is 5.69 Å². The van der Waals surface area contributed by atoms with Gasteiger partial charge in [-0.1, -0.05) is 25.4 Å². The molecule has 2 rings (SSSR count). The Labute approximate surface area is 154 Å². The van der Waals surface area contributed by atoms with Crippen LogP contribution in [0, 0.1) is 5.92 Å². The van der Waals surface area contributed by atoms with E-state index in [1.165, 1.54) is 22.5 Å². The number of hydrogen-bond acceptors (Lipinski definition) is 4. The average molecular weight is 389 g/mol. The Morgan fingerprint density at radius 1 is 1.36 bits per heavy atom. The lowest BCUT2D eigenvalue weighted by Gasteiger charge is -2.19. The molecule has 6 nitrogen and oxygen atoms in total. The van der Waals surface area contributed by atoms with Gasteiger partial charge in [0.2, 0.25) is 10.0 Å². The molecular formula is C17H25ClN2O4S. The van der Waals surface area contributed by atoms with E-state index in [0.717, 1.165) is 12.8 Å². The number of carbonyl (C=O) groups is 1. The minimum absolute atomic E-state index is 0.0995. The first-order chi connectivity index (χ1) is 11.8. The maximum Gasteiger partial charge on any atom is 0.253 e. The van der Waals surface area contributed by atoms with Crippen LogP contribution in [-0.4, -0.2) is 44.4 Å². The van der Waals surface area contributed by atoms with Crippen LogP contribution >= 0.6 is 11.6 Å². The van der Waals surface area contributed by atoms with E-state index in [2.05, 4.69) is 5.32 Å². The van der Waals surface area contributed by atoms with Crippen LogP contribution in [0.25, 0.3) is 0 Å². The van der Waals surface area contributed by atoms with Crippen molar-refractivity contribution in [2.45, 2.75) is 44.6 Å². The number of nitrogens with one attached hydrogen (secondary N) is 1. The molecule has 0 spiro atoms. The fourth-order valence-corrected chi connectivity index (χ4v) is 4.00. The fraction of sp³-hybridized carbons (Fsp3) is 0.588. The van der Waals surface area contributed by atoms with Gasteiger partial charge in [0.05, 0.1) is 22.2 Å². The van der Waals surface area contributed by atoms with Crippen molar-refractivity contribution in [3.05, 3.63) is 23.2 Å². The van der Waals surface area contributed by atoms with Gasteiger partial charge in [-0.05, 0) is 43.9 Å². The zero-order valence-electron chi connectivity index (χ0n) is 14.8. The van der Waals surface area contributed by atoms with Gasteiger partial charge in [0.15, 0.2) is 0 Å². The molecule has 1 aliphatic carbocycles. The summed E-state index contributed by atoms with van der Waals surface area (Å²) >= 11 is 6.12. The molecule has 8 heteroatoms. The van der Waals surface area contributed by atoms with Crippen LogP contribution < -0.4 is 5.32 Å². The zero-order chi connectivity index (χ0) is 18.6. The number of nitrogens with zero attached hydrogens (tertiary/aromatic N) is 1. The topological polar surface area (TPSA) is 75.7 Å². The molecule has 1 amide bonds. The predicted octanol–water partition coefficient (Wildman–Crippen LogP) is 3.12. The SMILES string of the molecule is CCN(CC)S(=O)(=O)c1ccc(Cl)c(NC(=O)C(C)OCC2CC2)c1. The van der Waals surface area contributed by atoms with Gasteiger partial charge in [-0.15, -0.1) is 0 Å². The molecule has 1 aromatic carbocycles. The molecule has 1 saturated carbocycles. The largest absolute Gasteiger partial charge is 0.368 e. The summed E-state index contributed by atoms with van der Waals surface area (Å²) in [5, 5.41) is 2.94. The van der Waals surface area contributed by atoms with Crippen molar-refractivity contribution in [2.75, 3.05) is 25.0 Å². The molecule has 1 atom stereocenters. The Bertz CT molecular complexity index is 715. The highest BCUT2D eigenvalue weighted by Gasteiger charge is 2.25. The van der Waals surface area contributed by atoms with Gasteiger partial charge in [0, 0.05) is 13.1 Å². The highest BCUT2D eigenvalue weighted by molar-refractivity contribution is 7.89. The second kappa shape index (κ2) is 8.49. The average Bonchev–Trinajstić information content (AvgIpc) is 3.39. The summed E-state index contributed by atoms with van der Waals surface area (Å²) in [5.74, 6) is 0.210. The van der Waals surface area contributed by atoms with Gasteiger partial charge < -0.3 is 10.1 Å². The quantitative estimate of drug-likeness (QED) is 0.705. The molecule has 0 bridgehead atoms. The van der Waals surface area contributed by atoms with E-state index >= 15 is 0 Å². The molecule has 1 aromatic rings. The summed E-state index contributed by atoms with van der Waals surface area (Å²) in [6, 6.07) is 4.31. The molecule has 1 unspecified atom stereocenters. The Morgan fingerprint density at radius 3 is 2.56 bits per heavy atom. The molecule has 1 N–H and O–H groups in total. The van der Waals surface area contributed by atoms with Crippen molar-refractivity contribution < 1.29 is 17.9 Å². The molecule has 140 valence electrons. The lowest BCUT2D eigenvalue weighted by molar-refractivity contribution is -0.126. The molecular weight excluding hydrogens is 364 g/mol. The minimum Gasteiger partial charge on any atom is -0.368 e. The highest BCUT2D eigenvalue weighted by atomic mass is 35.5. The second-order valence-corrected chi connectivity index (χ2v) is 8.48. The maximum atomic E-state index is 12.6. The summed E-state index contributed by atoms with van der Waals surface area (Å²) in [4.78, 5) is 12.3. The van der Waals surface area contributed by atoms with Gasteiger partial charge >= 0.3 is 0 Å². The van der Waals surface area contributed by atoms with Crippen LogP contribution in [0.3, 0.4) is 0 Å². The van der Waals surface area contributed by atoms with E-state index < -0.39 is 16.1 Å². The van der Waals surface area contributed by atoms with Crippen LogP contribution in [0.1, 0.15) is 33.6 Å². The fourth-order valence-electron chi connectivity index (χ4n) is 2.35. The number of sulfonamides is 1. The van der Waals surface area contributed by atoms with Crippen molar-refractivity contribution >= 4 is 33.2 Å². The van der Waals surface area contributed by atoms with Crippen molar-refractivity contribution in [3.63, 3.8) is 0 Å². The minimum atomic E-state index is -3.62. The number of amides is 1. The third-order valence-electron chi connectivity index (χ3n) is 4.19. The number of halogens is 1. The number of ether oxygens (including phenoxy) is 1. The summed E-state index contributed by atoms with van der Waals surface area (Å²) in [6.07, 6.45) is 1.66. The lowest BCUT2D eigenvalue weighted by atomic mass is 10.3. The maximum absolute atomic E-state index is 12.6. The van der Waals surface area contributed by atoms with Gasteiger partial charge in [0.25, 0.3) is 5.91 Å². The monoisotopic (exact) mass is 388 g/mol. The summed E-state index contributed by atoms with van der Waals surface area (Å²) in [7, 11) is -3.62. The van der Waals surface area contributed by atoms with Crippen molar-refractivity contribution in [1.29, 1.82) is 0 Å². The second-order valence-electron chi connectivity index (χ2n) is 6.14. The molecule has 25 heavy (non-hydrogen) atoms. The number of benzene rings is 1. The molecule has 0 saturated heterocycles. The molecule has 0 aromatic heterocycles. The van der Waals surface area contributed by atoms with Crippen LogP contribution in [0.15, 0.2) is 23.1 Å². The van der Waals surface area contributed by atoms with Crippen LogP contribution in [-0.2, 0) is 19.6 Å². The standard InChI is InChI=1S/C17H25ClN2O4S/c1-4-20(5-2)25(22,23)14-8-9-15(18)16(10-14)19-17(21)12(3)24-11-13-6-7-13/h8-10,12-13H,4-7,11H2,1-3H3,(H,19,21). The first kappa shape index (κ1) is 20.2. The Hall–Kier alpha value is -1.15. The van der Waals surface area contributed by atoms with E-state index in [9.17, 15) is 13.2 Å². The highest BCUT2D eigenvalue weighted by Crippen LogP contribution is 2.30. The lowest BCUT2D eigenvalue weighted by Crippen LogP contribution is -2.31. The summed E-state index contributed by atoms with van der Waals surface area (Å²) in [5.41, 5.74) is 0.266. The van der Waals surface area contributed by atoms with Gasteiger partial charge in [-0.3, -0.25) is 4.79 Å². The molecule has 0 aliphatic heterocycles. The number of hydrogen-bond donors (Lipinski definition) is 1. The molecule has 0 radical (unpaired) electrons. The third-order valence-corrected chi connectivity index (χ3v) is 6.56. The summed E-state index contributed by atoms with van der Waals surface area (Å²) in [6.45, 7) is 6.53. The Kier molecular flexibility index (Phi) is 6.85. The van der Waals surface area contributed by atoms with Crippen LogP contribution in [0.5, 0.6) is 0 Å². The number of rotatable bonds is 9. The van der Waals surface area contributed by atoms with Crippen molar-refractivity contribution in [1.82, 2.24) is 4.31 Å². The predicted molar refractivity (Wildman–Crippen MR) is 98.3 cm³/mol. The Morgan fingerprint density at radius 2 is 2.00 bits per heavy atom. The number of anilines is 1. The first-order valence-corrected chi connectivity index (χ1v) is 10.3.